The molecule has 1 saturated heterocycles. The van der Waals surface area contributed by atoms with Crippen molar-refractivity contribution >= 4 is 29.1 Å². The molecule has 20 heavy (non-hydrogen) atoms. The highest BCUT2D eigenvalue weighted by molar-refractivity contribution is 7.15. The minimum Gasteiger partial charge on any atom is -0.477 e. The van der Waals surface area contributed by atoms with Gasteiger partial charge in [0, 0.05) is 26.2 Å². The Morgan fingerprint density at radius 3 is 2.50 bits per heavy atom. The summed E-state index contributed by atoms with van der Waals surface area (Å²) in [6.07, 6.45) is 0. The van der Waals surface area contributed by atoms with Crippen LogP contribution in [-0.2, 0) is 4.79 Å². The van der Waals surface area contributed by atoms with Crippen LogP contribution >= 0.6 is 11.3 Å². The Kier molecular flexibility index (Phi) is 4.70. The first-order valence-corrected chi connectivity index (χ1v) is 6.99. The maximum absolute atomic E-state index is 11.8. The molecule has 0 aliphatic carbocycles. The highest BCUT2D eigenvalue weighted by atomic mass is 32.1. The molecule has 0 bridgehead atoms. The number of thiophene rings is 1. The molecule has 0 radical (unpaired) electrons. The number of hydrogen-bond donors (Lipinski definition) is 3. The molecule has 3 N–H and O–H groups in total. The maximum Gasteiger partial charge on any atom is 0.345 e. The van der Waals surface area contributed by atoms with Gasteiger partial charge in [-0.2, -0.15) is 0 Å². The van der Waals surface area contributed by atoms with Gasteiger partial charge in [0.05, 0.1) is 11.4 Å². The molecule has 2 rings (SSSR count). The zero-order chi connectivity index (χ0) is 14.5. The quantitative estimate of drug-likeness (QED) is 0.703. The average molecular weight is 297 g/mol. The first kappa shape index (κ1) is 14.5. The van der Waals surface area contributed by atoms with E-state index < -0.39 is 11.9 Å². The Hall–Kier alpha value is -1.93. The molecule has 0 saturated carbocycles. The zero-order valence-corrected chi connectivity index (χ0v) is 11.5. The second-order valence-corrected chi connectivity index (χ2v) is 5.37. The van der Waals surface area contributed by atoms with Gasteiger partial charge in [-0.25, -0.2) is 4.79 Å². The second-order valence-electron chi connectivity index (χ2n) is 4.28. The van der Waals surface area contributed by atoms with E-state index in [9.17, 15) is 14.4 Å². The molecule has 2 heterocycles. The van der Waals surface area contributed by atoms with Crippen molar-refractivity contribution in [1.82, 2.24) is 15.5 Å². The monoisotopic (exact) mass is 297 g/mol. The van der Waals surface area contributed by atoms with E-state index in [1.54, 1.807) is 4.90 Å². The molecular formula is C12H15N3O4S. The molecule has 0 unspecified atom stereocenters. The van der Waals surface area contributed by atoms with E-state index in [0.29, 0.717) is 13.1 Å². The van der Waals surface area contributed by atoms with Gasteiger partial charge in [0.25, 0.3) is 5.91 Å². The van der Waals surface area contributed by atoms with Gasteiger partial charge in [0.15, 0.2) is 0 Å². The fourth-order valence-electron chi connectivity index (χ4n) is 1.84. The van der Waals surface area contributed by atoms with E-state index >= 15 is 0 Å². The van der Waals surface area contributed by atoms with Crippen molar-refractivity contribution in [3.63, 3.8) is 0 Å². The predicted octanol–water partition coefficient (Wildman–Crippen LogP) is -0.392. The van der Waals surface area contributed by atoms with Gasteiger partial charge >= 0.3 is 5.97 Å². The van der Waals surface area contributed by atoms with Gasteiger partial charge < -0.3 is 20.6 Å². The van der Waals surface area contributed by atoms with Gasteiger partial charge in [-0.15, -0.1) is 11.3 Å². The molecule has 2 amide bonds. The summed E-state index contributed by atoms with van der Waals surface area (Å²) < 4.78 is 0. The van der Waals surface area contributed by atoms with Crippen LogP contribution in [0.15, 0.2) is 12.1 Å². The first-order valence-electron chi connectivity index (χ1n) is 6.18. The van der Waals surface area contributed by atoms with E-state index in [1.807, 2.05) is 0 Å². The molecule has 1 aromatic rings. The number of piperazine rings is 1. The van der Waals surface area contributed by atoms with Crippen LogP contribution in [0.2, 0.25) is 0 Å². The summed E-state index contributed by atoms with van der Waals surface area (Å²) in [5.74, 6) is -1.62. The number of carbonyl (C=O) groups excluding carboxylic acids is 2. The molecule has 1 aromatic heterocycles. The normalized spacial score (nSPS) is 14.9. The third-order valence-electron chi connectivity index (χ3n) is 2.91. The fourth-order valence-corrected chi connectivity index (χ4v) is 2.61. The summed E-state index contributed by atoms with van der Waals surface area (Å²) in [5.41, 5.74) is 0. The molecule has 0 atom stereocenters. The van der Waals surface area contributed by atoms with Gasteiger partial charge in [-0.1, -0.05) is 0 Å². The van der Waals surface area contributed by atoms with Crippen LogP contribution in [-0.4, -0.2) is 60.5 Å². The lowest BCUT2D eigenvalue weighted by atomic mass is 10.3. The Bertz CT molecular complexity index is 523. The van der Waals surface area contributed by atoms with Gasteiger partial charge in [0.1, 0.15) is 4.88 Å². The molecule has 1 aliphatic heterocycles. The second kappa shape index (κ2) is 6.49. The molecule has 0 spiro atoms. The Labute approximate surface area is 119 Å². The highest BCUT2D eigenvalue weighted by Gasteiger charge is 2.18. The van der Waals surface area contributed by atoms with Crippen molar-refractivity contribution in [2.45, 2.75) is 0 Å². The molecular weight excluding hydrogens is 282 g/mol. The summed E-state index contributed by atoms with van der Waals surface area (Å²) in [5, 5.41) is 14.4. The van der Waals surface area contributed by atoms with E-state index in [4.69, 9.17) is 5.11 Å². The van der Waals surface area contributed by atoms with Gasteiger partial charge in [-0.05, 0) is 12.1 Å². The molecule has 0 aromatic carbocycles. The van der Waals surface area contributed by atoms with Crippen molar-refractivity contribution in [2.24, 2.45) is 0 Å². The smallest absolute Gasteiger partial charge is 0.345 e. The zero-order valence-electron chi connectivity index (χ0n) is 10.7. The largest absolute Gasteiger partial charge is 0.477 e. The number of nitrogens with zero attached hydrogens (tertiary/aromatic N) is 1. The standard InChI is InChI=1S/C12H15N3O4S/c16-10(15-5-3-13-4-6-15)7-14-11(17)8-1-2-9(20-8)12(18)19/h1-2,13H,3-7H2,(H,14,17)(H,18,19). The Morgan fingerprint density at radius 1 is 1.25 bits per heavy atom. The summed E-state index contributed by atoms with van der Waals surface area (Å²) in [6, 6.07) is 2.82. The minimum absolute atomic E-state index is 0.0703. The summed E-state index contributed by atoms with van der Waals surface area (Å²) in [7, 11) is 0. The average Bonchev–Trinajstić information content (AvgIpc) is 2.95. The minimum atomic E-state index is -1.06. The lowest BCUT2D eigenvalue weighted by molar-refractivity contribution is -0.130. The van der Waals surface area contributed by atoms with Crippen molar-refractivity contribution in [2.75, 3.05) is 32.7 Å². The van der Waals surface area contributed by atoms with Crippen molar-refractivity contribution in [1.29, 1.82) is 0 Å². The maximum atomic E-state index is 11.8. The summed E-state index contributed by atoms with van der Waals surface area (Å²) >= 11 is 0.890. The third kappa shape index (κ3) is 3.55. The van der Waals surface area contributed by atoms with Crippen molar-refractivity contribution in [3.8, 4) is 0 Å². The van der Waals surface area contributed by atoms with Crippen LogP contribution in [0.3, 0.4) is 0 Å². The molecule has 7 nitrogen and oxygen atoms in total. The molecule has 1 aliphatic rings. The van der Waals surface area contributed by atoms with E-state index in [0.717, 1.165) is 24.4 Å². The first-order chi connectivity index (χ1) is 9.58. The third-order valence-corrected chi connectivity index (χ3v) is 3.98. The molecule has 108 valence electrons. The SMILES string of the molecule is O=C(O)c1ccc(C(=O)NCC(=O)N2CCNCC2)s1. The lowest BCUT2D eigenvalue weighted by Crippen LogP contribution is -2.49. The van der Waals surface area contributed by atoms with Gasteiger partial charge in [0.2, 0.25) is 5.91 Å². The van der Waals surface area contributed by atoms with Crippen molar-refractivity contribution < 1.29 is 19.5 Å². The number of aromatic carboxylic acids is 1. The van der Waals surface area contributed by atoms with Crippen LogP contribution in [0.5, 0.6) is 0 Å². The number of hydrogen-bond acceptors (Lipinski definition) is 5. The highest BCUT2D eigenvalue weighted by Crippen LogP contribution is 2.16. The fraction of sp³-hybridized carbons (Fsp3) is 0.417. The Balaban J connectivity index is 1.84. The number of rotatable bonds is 4. The van der Waals surface area contributed by atoms with Crippen LogP contribution in [0, 0.1) is 0 Å². The summed E-state index contributed by atoms with van der Waals surface area (Å²) in [4.78, 5) is 36.4. The van der Waals surface area contributed by atoms with Crippen molar-refractivity contribution in [3.05, 3.63) is 21.9 Å². The lowest BCUT2D eigenvalue weighted by Gasteiger charge is -2.27. The number of amides is 2. The van der Waals surface area contributed by atoms with Crippen LogP contribution < -0.4 is 10.6 Å². The topological polar surface area (TPSA) is 98.7 Å². The van der Waals surface area contributed by atoms with Crippen LogP contribution in [0.4, 0.5) is 0 Å². The van der Waals surface area contributed by atoms with E-state index in [2.05, 4.69) is 10.6 Å². The van der Waals surface area contributed by atoms with Gasteiger partial charge in [-0.3, -0.25) is 9.59 Å². The molecule has 8 heteroatoms. The summed E-state index contributed by atoms with van der Waals surface area (Å²) in [6.45, 7) is 2.71. The van der Waals surface area contributed by atoms with E-state index in [-0.39, 0.29) is 22.2 Å². The Morgan fingerprint density at radius 2 is 1.90 bits per heavy atom. The number of nitrogens with one attached hydrogen (secondary N) is 2. The van der Waals surface area contributed by atoms with Crippen LogP contribution in [0.25, 0.3) is 0 Å². The van der Waals surface area contributed by atoms with Crippen LogP contribution in [0.1, 0.15) is 19.3 Å². The van der Waals surface area contributed by atoms with E-state index in [1.165, 1.54) is 12.1 Å². The number of carboxylic acid groups (broad SMARTS) is 1. The molecule has 1 fully saturated rings. The number of carbonyl (C=O) groups is 3. The predicted molar refractivity (Wildman–Crippen MR) is 73.1 cm³/mol. The number of carboxylic acids is 1.